The van der Waals surface area contributed by atoms with E-state index in [0.717, 1.165) is 18.7 Å². The molecule has 0 amide bonds. The van der Waals surface area contributed by atoms with Crippen LogP contribution in [0.4, 0.5) is 0 Å². The van der Waals surface area contributed by atoms with Gasteiger partial charge in [0, 0.05) is 7.11 Å². The summed E-state index contributed by atoms with van der Waals surface area (Å²) in [5.41, 5.74) is -0.307. The number of nitrogens with one attached hydrogen (secondary N) is 1. The summed E-state index contributed by atoms with van der Waals surface area (Å²) in [6, 6.07) is 0. The quantitative estimate of drug-likeness (QED) is 0.831. The van der Waals surface area contributed by atoms with Gasteiger partial charge in [0.2, 0.25) is 0 Å². The highest BCUT2D eigenvalue weighted by molar-refractivity contribution is 6.16. The Kier molecular flexibility index (Phi) is 3.50. The number of hydrogen-bond acceptors (Lipinski definition) is 3. The molecule has 0 bridgehead atoms. The van der Waals surface area contributed by atoms with Gasteiger partial charge in [0.25, 0.3) is 0 Å². The van der Waals surface area contributed by atoms with Gasteiger partial charge in [0.15, 0.2) is 5.82 Å². The largest absolute Gasteiger partial charge is 0.370 e. The molecule has 0 aromatic carbocycles. The van der Waals surface area contributed by atoms with Crippen molar-refractivity contribution in [3.63, 3.8) is 0 Å². The van der Waals surface area contributed by atoms with Crippen LogP contribution >= 0.6 is 11.6 Å². The number of rotatable bonds is 3. The van der Waals surface area contributed by atoms with Crippen LogP contribution in [0.15, 0.2) is 0 Å². The van der Waals surface area contributed by atoms with Crippen LogP contribution in [-0.2, 0) is 16.2 Å². The highest BCUT2D eigenvalue weighted by Crippen LogP contribution is 2.40. The van der Waals surface area contributed by atoms with E-state index in [-0.39, 0.29) is 5.60 Å². The molecule has 1 aliphatic carbocycles. The lowest BCUT2D eigenvalue weighted by molar-refractivity contribution is -0.0644. The lowest BCUT2D eigenvalue weighted by atomic mass is 9.78. The number of aromatic nitrogens is 3. The maximum atomic E-state index is 5.72. The van der Waals surface area contributed by atoms with Gasteiger partial charge in [-0.15, -0.1) is 11.6 Å². The summed E-state index contributed by atoms with van der Waals surface area (Å²) in [5.74, 6) is 2.50. The van der Waals surface area contributed by atoms with Crippen LogP contribution in [0.3, 0.4) is 0 Å². The molecule has 2 unspecified atom stereocenters. The van der Waals surface area contributed by atoms with Gasteiger partial charge in [-0.05, 0) is 25.2 Å². The maximum absolute atomic E-state index is 5.72. The molecule has 0 spiro atoms. The summed E-state index contributed by atoms with van der Waals surface area (Å²) in [4.78, 5) is 4.41. The normalized spacial score (nSPS) is 30.6. The van der Waals surface area contributed by atoms with Crippen molar-refractivity contribution >= 4 is 11.6 Å². The standard InChI is InChI=1S/C11H18ClN3O/c1-8-4-3-5-11(6-8,16-2)10-13-9(7-12)14-15-10/h8H,3-7H2,1-2H3,(H,13,14,15). The second-order valence-electron chi connectivity index (χ2n) is 4.64. The van der Waals surface area contributed by atoms with Crippen molar-refractivity contribution in [1.29, 1.82) is 0 Å². The number of nitrogens with zero attached hydrogens (tertiary/aromatic N) is 2. The Labute approximate surface area is 101 Å². The van der Waals surface area contributed by atoms with Crippen LogP contribution in [0.25, 0.3) is 0 Å². The summed E-state index contributed by atoms with van der Waals surface area (Å²) in [6.07, 6.45) is 4.41. The number of ether oxygens (including phenoxy) is 1. The van der Waals surface area contributed by atoms with Crippen molar-refractivity contribution in [3.05, 3.63) is 11.6 Å². The molecule has 16 heavy (non-hydrogen) atoms. The Balaban J connectivity index is 2.25. The van der Waals surface area contributed by atoms with E-state index in [2.05, 4.69) is 22.1 Å². The molecule has 1 aliphatic rings. The van der Waals surface area contributed by atoms with Crippen LogP contribution in [0.1, 0.15) is 44.3 Å². The average molecular weight is 244 g/mol. The molecule has 0 aliphatic heterocycles. The number of H-pyrrole nitrogens is 1. The topological polar surface area (TPSA) is 50.8 Å². The summed E-state index contributed by atoms with van der Waals surface area (Å²) < 4.78 is 5.70. The third-order valence-corrected chi connectivity index (χ3v) is 3.67. The first-order valence-electron chi connectivity index (χ1n) is 5.73. The molecule has 1 saturated carbocycles. The first-order valence-corrected chi connectivity index (χ1v) is 6.26. The van der Waals surface area contributed by atoms with Crippen molar-refractivity contribution in [2.75, 3.05) is 7.11 Å². The molecule has 0 radical (unpaired) electrons. The van der Waals surface area contributed by atoms with Gasteiger partial charge in [-0.1, -0.05) is 13.3 Å². The molecule has 5 heteroatoms. The Bertz CT molecular complexity index is 355. The zero-order valence-electron chi connectivity index (χ0n) is 9.79. The molecule has 1 N–H and O–H groups in total. The SMILES string of the molecule is COC1(c2n[nH]c(CCl)n2)CCCC(C)C1. The minimum Gasteiger partial charge on any atom is -0.370 e. The molecule has 2 atom stereocenters. The zero-order chi connectivity index (χ0) is 11.6. The second-order valence-corrected chi connectivity index (χ2v) is 4.91. The minimum absolute atomic E-state index is 0.307. The first-order chi connectivity index (χ1) is 7.70. The van der Waals surface area contributed by atoms with E-state index >= 15 is 0 Å². The van der Waals surface area contributed by atoms with Crippen molar-refractivity contribution in [3.8, 4) is 0 Å². The van der Waals surface area contributed by atoms with Crippen LogP contribution in [0, 0.1) is 5.92 Å². The predicted molar refractivity (Wildman–Crippen MR) is 62.3 cm³/mol. The molecule has 1 aromatic rings. The van der Waals surface area contributed by atoms with Crippen molar-refractivity contribution in [2.24, 2.45) is 5.92 Å². The Morgan fingerprint density at radius 3 is 3.00 bits per heavy atom. The van der Waals surface area contributed by atoms with Crippen LogP contribution in [-0.4, -0.2) is 22.3 Å². The van der Waals surface area contributed by atoms with Crippen molar-refractivity contribution < 1.29 is 4.74 Å². The van der Waals surface area contributed by atoms with Gasteiger partial charge in [0.1, 0.15) is 11.4 Å². The van der Waals surface area contributed by atoms with Gasteiger partial charge in [-0.25, -0.2) is 4.98 Å². The molecule has 2 rings (SSSR count). The summed E-state index contributed by atoms with van der Waals surface area (Å²) in [7, 11) is 1.74. The molecule has 1 heterocycles. The van der Waals surface area contributed by atoms with Crippen LogP contribution in [0.2, 0.25) is 0 Å². The van der Waals surface area contributed by atoms with E-state index in [1.165, 1.54) is 12.8 Å². The predicted octanol–water partition coefficient (Wildman–Crippen LogP) is 2.60. The van der Waals surface area contributed by atoms with Gasteiger partial charge >= 0.3 is 0 Å². The van der Waals surface area contributed by atoms with E-state index in [9.17, 15) is 0 Å². The minimum atomic E-state index is -0.307. The van der Waals surface area contributed by atoms with Gasteiger partial charge in [-0.3, -0.25) is 5.10 Å². The fraction of sp³-hybridized carbons (Fsp3) is 0.818. The Morgan fingerprint density at radius 2 is 2.44 bits per heavy atom. The fourth-order valence-electron chi connectivity index (χ4n) is 2.54. The zero-order valence-corrected chi connectivity index (χ0v) is 10.5. The Hall–Kier alpha value is -0.610. The third kappa shape index (κ3) is 2.09. The third-order valence-electron chi connectivity index (χ3n) is 3.41. The van der Waals surface area contributed by atoms with Crippen molar-refractivity contribution in [2.45, 2.75) is 44.1 Å². The van der Waals surface area contributed by atoms with Crippen molar-refractivity contribution in [1.82, 2.24) is 15.2 Å². The number of aromatic amines is 1. The number of halogens is 1. The number of methoxy groups -OCH3 is 1. The van der Waals surface area contributed by atoms with E-state index < -0.39 is 0 Å². The molecule has 0 saturated heterocycles. The molecule has 90 valence electrons. The summed E-state index contributed by atoms with van der Waals surface area (Å²) >= 11 is 5.72. The number of alkyl halides is 1. The lowest BCUT2D eigenvalue weighted by Crippen LogP contribution is -2.35. The molecule has 1 aromatic heterocycles. The van der Waals surface area contributed by atoms with Gasteiger partial charge in [0.05, 0.1) is 5.88 Å². The molecular formula is C11H18ClN3O. The smallest absolute Gasteiger partial charge is 0.182 e. The maximum Gasteiger partial charge on any atom is 0.182 e. The van der Waals surface area contributed by atoms with E-state index in [1.54, 1.807) is 7.11 Å². The van der Waals surface area contributed by atoms with E-state index in [0.29, 0.717) is 17.6 Å². The molecular weight excluding hydrogens is 226 g/mol. The monoisotopic (exact) mass is 243 g/mol. The molecule has 4 nitrogen and oxygen atoms in total. The number of hydrogen-bond donors (Lipinski definition) is 1. The van der Waals surface area contributed by atoms with E-state index in [4.69, 9.17) is 16.3 Å². The molecule has 1 fully saturated rings. The van der Waals surface area contributed by atoms with E-state index in [1.807, 2.05) is 0 Å². The van der Waals surface area contributed by atoms with Gasteiger partial charge < -0.3 is 4.74 Å². The highest BCUT2D eigenvalue weighted by atomic mass is 35.5. The summed E-state index contributed by atoms with van der Waals surface area (Å²) in [6.45, 7) is 2.25. The van der Waals surface area contributed by atoms with Gasteiger partial charge in [-0.2, -0.15) is 5.10 Å². The Morgan fingerprint density at radius 1 is 1.62 bits per heavy atom. The lowest BCUT2D eigenvalue weighted by Gasteiger charge is -2.36. The van der Waals surface area contributed by atoms with Crippen LogP contribution in [0.5, 0.6) is 0 Å². The highest BCUT2D eigenvalue weighted by Gasteiger charge is 2.40. The summed E-state index contributed by atoms with van der Waals surface area (Å²) in [5, 5.41) is 7.10. The van der Waals surface area contributed by atoms with Crippen LogP contribution < -0.4 is 0 Å². The first kappa shape index (κ1) is 11.9. The fourth-order valence-corrected chi connectivity index (χ4v) is 2.66. The second kappa shape index (κ2) is 4.72. The average Bonchev–Trinajstić information content (AvgIpc) is 2.78.